The molecule has 122 valence electrons. The van der Waals surface area contributed by atoms with Crippen molar-refractivity contribution in [2.45, 2.75) is 46.8 Å². The van der Waals surface area contributed by atoms with Crippen LogP contribution in [-0.2, 0) is 20.1 Å². The van der Waals surface area contributed by atoms with Crippen LogP contribution < -0.4 is 10.2 Å². The summed E-state index contributed by atoms with van der Waals surface area (Å²) in [7, 11) is 6.10. The van der Waals surface area contributed by atoms with Gasteiger partial charge in [-0.15, -0.1) is 0 Å². The molecule has 0 aliphatic heterocycles. The second kappa shape index (κ2) is 6.52. The lowest BCUT2D eigenvalue weighted by Gasteiger charge is -2.18. The molecular weight excluding hydrogens is 276 g/mol. The molecule has 0 saturated carbocycles. The van der Waals surface area contributed by atoms with E-state index in [4.69, 9.17) is 0 Å². The fourth-order valence-electron chi connectivity index (χ4n) is 2.92. The molecule has 0 bridgehead atoms. The summed E-state index contributed by atoms with van der Waals surface area (Å²) >= 11 is 0. The van der Waals surface area contributed by atoms with Crippen LogP contribution in [0.5, 0.6) is 0 Å². The van der Waals surface area contributed by atoms with E-state index in [0.717, 1.165) is 30.3 Å². The number of aromatic nitrogens is 4. The molecule has 22 heavy (non-hydrogen) atoms. The molecule has 0 saturated heterocycles. The predicted molar refractivity (Wildman–Crippen MR) is 90.3 cm³/mol. The molecule has 2 heterocycles. The van der Waals surface area contributed by atoms with Gasteiger partial charge < -0.3 is 10.2 Å². The highest BCUT2D eigenvalue weighted by Crippen LogP contribution is 2.21. The van der Waals surface area contributed by atoms with Gasteiger partial charge in [-0.2, -0.15) is 10.2 Å². The molecule has 6 heteroatoms. The van der Waals surface area contributed by atoms with Gasteiger partial charge in [-0.25, -0.2) is 0 Å². The van der Waals surface area contributed by atoms with Crippen LogP contribution in [0.1, 0.15) is 29.6 Å². The fraction of sp³-hybridized carbons (Fsp3) is 0.625. The largest absolute Gasteiger partial charge is 0.363 e. The van der Waals surface area contributed by atoms with Crippen LogP contribution >= 0.6 is 0 Å². The number of aryl methyl sites for hydroxylation is 4. The molecule has 2 aromatic heterocycles. The maximum absolute atomic E-state index is 4.53. The second-order valence-electron chi connectivity index (χ2n) is 6.30. The van der Waals surface area contributed by atoms with Crippen molar-refractivity contribution >= 4 is 5.82 Å². The number of nitrogens with zero attached hydrogens (tertiary/aromatic N) is 5. The first-order chi connectivity index (χ1) is 10.3. The molecular formula is C16H28N6. The molecule has 0 aromatic carbocycles. The van der Waals surface area contributed by atoms with Crippen LogP contribution in [0.2, 0.25) is 0 Å². The SMILES string of the molecule is Cc1cc(C)n(C[C@@H](C)NCc2c(C)nn(C)c2N(C)C)n1. The average Bonchev–Trinajstić information content (AvgIpc) is 2.86. The van der Waals surface area contributed by atoms with E-state index in [1.54, 1.807) is 0 Å². The van der Waals surface area contributed by atoms with E-state index in [-0.39, 0.29) is 0 Å². The van der Waals surface area contributed by atoms with Crippen molar-refractivity contribution < 1.29 is 0 Å². The van der Waals surface area contributed by atoms with Crippen molar-refractivity contribution in [1.82, 2.24) is 24.9 Å². The Morgan fingerprint density at radius 3 is 2.45 bits per heavy atom. The minimum absolute atomic E-state index is 0.340. The number of nitrogens with one attached hydrogen (secondary N) is 1. The normalized spacial score (nSPS) is 12.7. The summed E-state index contributed by atoms with van der Waals surface area (Å²) in [6, 6.07) is 2.45. The van der Waals surface area contributed by atoms with Gasteiger partial charge in [0, 0.05) is 45.0 Å². The first-order valence-electron chi connectivity index (χ1n) is 7.73. The Bertz CT molecular complexity index is 637. The van der Waals surface area contributed by atoms with Crippen LogP contribution in [0.15, 0.2) is 6.07 Å². The molecule has 2 aromatic rings. The van der Waals surface area contributed by atoms with Gasteiger partial charge >= 0.3 is 0 Å². The van der Waals surface area contributed by atoms with Gasteiger partial charge in [0.2, 0.25) is 0 Å². The summed E-state index contributed by atoms with van der Waals surface area (Å²) in [4.78, 5) is 2.11. The summed E-state index contributed by atoms with van der Waals surface area (Å²) in [5, 5.41) is 12.6. The third-order valence-corrected chi connectivity index (χ3v) is 3.91. The Kier molecular flexibility index (Phi) is 4.90. The Hall–Kier alpha value is -1.82. The molecule has 0 amide bonds. The zero-order valence-corrected chi connectivity index (χ0v) is 14.8. The lowest BCUT2D eigenvalue weighted by atomic mass is 10.2. The number of hydrogen-bond acceptors (Lipinski definition) is 4. The number of hydrogen-bond donors (Lipinski definition) is 1. The molecule has 0 fully saturated rings. The topological polar surface area (TPSA) is 50.9 Å². The van der Waals surface area contributed by atoms with Gasteiger partial charge in [0.15, 0.2) is 0 Å². The molecule has 0 unspecified atom stereocenters. The Balaban J connectivity index is 2.02. The summed E-state index contributed by atoms with van der Waals surface area (Å²) in [5.41, 5.74) is 4.62. The monoisotopic (exact) mass is 304 g/mol. The molecule has 0 aliphatic carbocycles. The molecule has 2 rings (SSSR count). The van der Waals surface area contributed by atoms with Crippen molar-refractivity contribution in [1.29, 1.82) is 0 Å². The van der Waals surface area contributed by atoms with E-state index in [1.165, 1.54) is 11.3 Å². The zero-order chi connectivity index (χ0) is 16.4. The fourth-order valence-corrected chi connectivity index (χ4v) is 2.92. The van der Waals surface area contributed by atoms with Crippen molar-refractivity contribution in [2.75, 3.05) is 19.0 Å². The van der Waals surface area contributed by atoms with E-state index in [2.05, 4.69) is 66.0 Å². The third-order valence-electron chi connectivity index (χ3n) is 3.91. The highest BCUT2D eigenvalue weighted by Gasteiger charge is 2.16. The maximum Gasteiger partial charge on any atom is 0.130 e. The lowest BCUT2D eigenvalue weighted by molar-refractivity contribution is 0.443. The van der Waals surface area contributed by atoms with Gasteiger partial charge in [-0.05, 0) is 33.8 Å². The third kappa shape index (κ3) is 3.50. The van der Waals surface area contributed by atoms with Crippen molar-refractivity contribution in [2.24, 2.45) is 7.05 Å². The van der Waals surface area contributed by atoms with Crippen LogP contribution in [-0.4, -0.2) is 39.7 Å². The first-order valence-corrected chi connectivity index (χ1v) is 7.73. The van der Waals surface area contributed by atoms with Gasteiger partial charge in [-0.3, -0.25) is 9.36 Å². The van der Waals surface area contributed by atoms with Gasteiger partial charge in [-0.1, -0.05) is 0 Å². The molecule has 6 nitrogen and oxygen atoms in total. The van der Waals surface area contributed by atoms with Crippen molar-refractivity contribution in [3.63, 3.8) is 0 Å². The van der Waals surface area contributed by atoms with Gasteiger partial charge in [0.05, 0.1) is 17.9 Å². The van der Waals surface area contributed by atoms with E-state index in [9.17, 15) is 0 Å². The standard InChI is InChI=1S/C16H28N6/c1-11-8-13(3)22(18-11)10-12(2)17-9-15-14(4)19-21(7)16(15)20(5)6/h8,12,17H,9-10H2,1-7H3/t12-/m1/s1. The van der Waals surface area contributed by atoms with Crippen molar-refractivity contribution in [3.8, 4) is 0 Å². The maximum atomic E-state index is 4.53. The molecule has 0 spiro atoms. The van der Waals surface area contributed by atoms with E-state index >= 15 is 0 Å². The van der Waals surface area contributed by atoms with Gasteiger partial charge in [0.25, 0.3) is 0 Å². The first kappa shape index (κ1) is 16.5. The summed E-state index contributed by atoms with van der Waals surface area (Å²) in [6.45, 7) is 10.1. The Labute approximate surface area is 133 Å². The van der Waals surface area contributed by atoms with Gasteiger partial charge in [0.1, 0.15) is 5.82 Å². The van der Waals surface area contributed by atoms with Crippen LogP contribution in [0.25, 0.3) is 0 Å². The van der Waals surface area contributed by atoms with Crippen molar-refractivity contribution in [3.05, 3.63) is 28.7 Å². The quantitative estimate of drug-likeness (QED) is 0.884. The highest BCUT2D eigenvalue weighted by atomic mass is 15.4. The van der Waals surface area contributed by atoms with Crippen LogP contribution in [0, 0.1) is 20.8 Å². The molecule has 0 aliphatic rings. The van der Waals surface area contributed by atoms with E-state index < -0.39 is 0 Å². The summed E-state index contributed by atoms with van der Waals surface area (Å²) < 4.78 is 4.01. The molecule has 1 N–H and O–H groups in total. The molecule has 0 radical (unpaired) electrons. The van der Waals surface area contributed by atoms with E-state index in [1.807, 2.05) is 18.7 Å². The second-order valence-corrected chi connectivity index (χ2v) is 6.30. The lowest BCUT2D eigenvalue weighted by Crippen LogP contribution is -2.31. The van der Waals surface area contributed by atoms with Crippen LogP contribution in [0.3, 0.4) is 0 Å². The average molecular weight is 304 g/mol. The summed E-state index contributed by atoms with van der Waals surface area (Å²) in [6.07, 6.45) is 0. The predicted octanol–water partition coefficient (Wildman–Crippen LogP) is 1.79. The minimum atomic E-state index is 0.340. The Morgan fingerprint density at radius 1 is 1.23 bits per heavy atom. The highest BCUT2D eigenvalue weighted by molar-refractivity contribution is 5.48. The number of anilines is 1. The smallest absolute Gasteiger partial charge is 0.130 e. The zero-order valence-electron chi connectivity index (χ0n) is 14.8. The Morgan fingerprint density at radius 2 is 1.91 bits per heavy atom. The summed E-state index contributed by atoms with van der Waals surface area (Å²) in [5.74, 6) is 1.16. The van der Waals surface area contributed by atoms with E-state index in [0.29, 0.717) is 6.04 Å². The number of rotatable bonds is 6. The minimum Gasteiger partial charge on any atom is -0.363 e. The van der Waals surface area contributed by atoms with Crippen LogP contribution in [0.4, 0.5) is 5.82 Å². The molecule has 1 atom stereocenters.